The second-order valence-corrected chi connectivity index (χ2v) is 8.13. The maximum atomic E-state index is 13.8. The van der Waals surface area contributed by atoms with Gasteiger partial charge in [0.15, 0.2) is 0 Å². The van der Waals surface area contributed by atoms with Crippen molar-refractivity contribution in [3.63, 3.8) is 0 Å². The van der Waals surface area contributed by atoms with Crippen molar-refractivity contribution in [2.24, 2.45) is 0 Å². The first kappa shape index (κ1) is 21.0. The highest BCUT2D eigenvalue weighted by Gasteiger charge is 2.42. The molecule has 1 N–H and O–H groups in total. The van der Waals surface area contributed by atoms with Crippen LogP contribution in [0.4, 0.5) is 8.78 Å². The molecule has 2 aromatic carbocycles. The molecule has 1 aliphatic heterocycles. The summed E-state index contributed by atoms with van der Waals surface area (Å²) in [6, 6.07) is 15.8. The SMILES string of the molecule is O=C(NCc1ccccn1)C1CSC(c2cccc(F)c2)N1C(=O)c1cccc(F)c1. The van der Waals surface area contributed by atoms with Crippen molar-refractivity contribution < 1.29 is 18.4 Å². The molecule has 0 radical (unpaired) electrons. The first-order chi connectivity index (χ1) is 15.0. The molecular weight excluding hydrogens is 420 g/mol. The third kappa shape index (κ3) is 4.74. The van der Waals surface area contributed by atoms with Gasteiger partial charge in [-0.05, 0) is 48.0 Å². The van der Waals surface area contributed by atoms with Gasteiger partial charge >= 0.3 is 0 Å². The summed E-state index contributed by atoms with van der Waals surface area (Å²) in [6.45, 7) is 0.216. The molecule has 2 amide bonds. The number of aromatic nitrogens is 1. The zero-order valence-electron chi connectivity index (χ0n) is 16.4. The molecule has 1 fully saturated rings. The molecule has 31 heavy (non-hydrogen) atoms. The van der Waals surface area contributed by atoms with Gasteiger partial charge in [0.25, 0.3) is 5.91 Å². The van der Waals surface area contributed by atoms with Gasteiger partial charge in [0.05, 0.1) is 12.2 Å². The minimum Gasteiger partial charge on any atom is -0.349 e. The molecule has 5 nitrogen and oxygen atoms in total. The maximum absolute atomic E-state index is 13.8. The van der Waals surface area contributed by atoms with E-state index < -0.39 is 29.0 Å². The number of thioether (sulfide) groups is 1. The fourth-order valence-electron chi connectivity index (χ4n) is 3.44. The molecule has 0 spiro atoms. The Morgan fingerprint density at radius 3 is 2.52 bits per heavy atom. The topological polar surface area (TPSA) is 62.3 Å². The van der Waals surface area contributed by atoms with Gasteiger partial charge in [0.2, 0.25) is 5.91 Å². The van der Waals surface area contributed by atoms with Crippen molar-refractivity contribution in [2.45, 2.75) is 18.0 Å². The van der Waals surface area contributed by atoms with Crippen LogP contribution in [0.15, 0.2) is 72.9 Å². The average Bonchev–Trinajstić information content (AvgIpc) is 3.23. The molecule has 2 unspecified atom stereocenters. The van der Waals surface area contributed by atoms with Crippen molar-refractivity contribution >= 4 is 23.6 Å². The number of benzene rings is 2. The number of hydrogen-bond acceptors (Lipinski definition) is 4. The van der Waals surface area contributed by atoms with Gasteiger partial charge in [0.1, 0.15) is 23.1 Å². The van der Waals surface area contributed by atoms with Crippen LogP contribution in [0.1, 0.15) is 27.0 Å². The van der Waals surface area contributed by atoms with Gasteiger partial charge in [0, 0.05) is 17.5 Å². The van der Waals surface area contributed by atoms with Crippen LogP contribution in [0.2, 0.25) is 0 Å². The zero-order valence-corrected chi connectivity index (χ0v) is 17.2. The molecule has 3 aromatic rings. The number of hydrogen-bond donors (Lipinski definition) is 1. The summed E-state index contributed by atoms with van der Waals surface area (Å²) < 4.78 is 27.6. The monoisotopic (exact) mass is 439 g/mol. The summed E-state index contributed by atoms with van der Waals surface area (Å²) in [6.07, 6.45) is 1.63. The number of nitrogens with one attached hydrogen (secondary N) is 1. The van der Waals surface area contributed by atoms with E-state index in [1.165, 1.54) is 47.0 Å². The predicted molar refractivity (Wildman–Crippen MR) is 114 cm³/mol. The van der Waals surface area contributed by atoms with Gasteiger partial charge in [-0.3, -0.25) is 14.6 Å². The maximum Gasteiger partial charge on any atom is 0.255 e. The van der Waals surface area contributed by atoms with Crippen molar-refractivity contribution in [1.29, 1.82) is 0 Å². The van der Waals surface area contributed by atoms with E-state index in [-0.39, 0.29) is 18.0 Å². The zero-order chi connectivity index (χ0) is 21.8. The molecule has 1 aliphatic rings. The van der Waals surface area contributed by atoms with E-state index in [1.807, 2.05) is 6.07 Å². The lowest BCUT2D eigenvalue weighted by atomic mass is 10.1. The summed E-state index contributed by atoms with van der Waals surface area (Å²) in [4.78, 5) is 31.9. The molecule has 0 aliphatic carbocycles. The Balaban J connectivity index is 1.62. The molecule has 1 aromatic heterocycles. The van der Waals surface area contributed by atoms with E-state index in [0.717, 1.165) is 6.07 Å². The van der Waals surface area contributed by atoms with E-state index in [4.69, 9.17) is 0 Å². The number of amides is 2. The Kier molecular flexibility index (Phi) is 6.27. The van der Waals surface area contributed by atoms with E-state index in [0.29, 0.717) is 17.0 Å². The van der Waals surface area contributed by atoms with Crippen LogP contribution in [0.5, 0.6) is 0 Å². The molecule has 4 rings (SSSR count). The number of rotatable bonds is 5. The Bertz CT molecular complexity index is 1100. The molecule has 158 valence electrons. The fourth-order valence-corrected chi connectivity index (χ4v) is 4.86. The summed E-state index contributed by atoms with van der Waals surface area (Å²) in [5.74, 6) is -1.48. The second-order valence-electron chi connectivity index (χ2n) is 7.02. The first-order valence-corrected chi connectivity index (χ1v) is 10.7. The first-order valence-electron chi connectivity index (χ1n) is 9.66. The Hall–Kier alpha value is -3.26. The highest BCUT2D eigenvalue weighted by molar-refractivity contribution is 7.99. The summed E-state index contributed by atoms with van der Waals surface area (Å²) >= 11 is 1.37. The van der Waals surface area contributed by atoms with Crippen LogP contribution in [0.3, 0.4) is 0 Å². The van der Waals surface area contributed by atoms with Crippen molar-refractivity contribution in [1.82, 2.24) is 15.2 Å². The Morgan fingerprint density at radius 1 is 1.03 bits per heavy atom. The fraction of sp³-hybridized carbons (Fsp3) is 0.174. The second kappa shape index (κ2) is 9.26. The van der Waals surface area contributed by atoms with E-state index >= 15 is 0 Å². The largest absolute Gasteiger partial charge is 0.349 e. The molecule has 8 heteroatoms. The van der Waals surface area contributed by atoms with Crippen LogP contribution in [-0.2, 0) is 11.3 Å². The quantitative estimate of drug-likeness (QED) is 0.654. The van der Waals surface area contributed by atoms with Gasteiger partial charge in [-0.25, -0.2) is 8.78 Å². The number of nitrogens with zero attached hydrogens (tertiary/aromatic N) is 2. The minimum atomic E-state index is -0.794. The predicted octanol–water partition coefficient (Wildman–Crippen LogP) is 3.93. The lowest BCUT2D eigenvalue weighted by Crippen LogP contribution is -2.47. The van der Waals surface area contributed by atoms with E-state index in [2.05, 4.69) is 10.3 Å². The standard InChI is InChI=1S/C23H19F2N3O2S/c24-17-7-3-5-15(11-17)22(30)28-20(21(29)27-13-19-9-1-2-10-26-19)14-31-23(28)16-6-4-8-18(25)12-16/h1-12,20,23H,13-14H2,(H,27,29). The number of carbonyl (C=O) groups excluding carboxylic acids is 2. The van der Waals surface area contributed by atoms with Crippen molar-refractivity contribution in [3.05, 3.63) is 101 Å². The summed E-state index contributed by atoms with van der Waals surface area (Å²) in [5, 5.41) is 2.24. The van der Waals surface area contributed by atoms with Crippen LogP contribution in [0.25, 0.3) is 0 Å². The van der Waals surface area contributed by atoms with E-state index in [9.17, 15) is 18.4 Å². The molecule has 0 bridgehead atoms. The molecule has 1 saturated heterocycles. The Morgan fingerprint density at radius 2 is 1.81 bits per heavy atom. The molecule has 2 atom stereocenters. The smallest absolute Gasteiger partial charge is 0.255 e. The van der Waals surface area contributed by atoms with Crippen molar-refractivity contribution in [2.75, 3.05) is 5.75 Å². The van der Waals surface area contributed by atoms with Crippen LogP contribution >= 0.6 is 11.8 Å². The highest BCUT2D eigenvalue weighted by Crippen LogP contribution is 2.42. The molecule has 0 saturated carbocycles. The highest BCUT2D eigenvalue weighted by atomic mass is 32.2. The summed E-state index contributed by atoms with van der Waals surface area (Å²) in [5.41, 5.74) is 1.38. The lowest BCUT2D eigenvalue weighted by Gasteiger charge is -2.29. The molecular formula is C23H19F2N3O2S. The number of halogens is 2. The van der Waals surface area contributed by atoms with Crippen LogP contribution in [-0.4, -0.2) is 33.5 Å². The van der Waals surface area contributed by atoms with Crippen molar-refractivity contribution in [3.8, 4) is 0 Å². The van der Waals surface area contributed by atoms with Gasteiger partial charge < -0.3 is 10.2 Å². The third-order valence-corrected chi connectivity index (χ3v) is 6.24. The van der Waals surface area contributed by atoms with Crippen LogP contribution < -0.4 is 5.32 Å². The number of carbonyl (C=O) groups is 2. The van der Waals surface area contributed by atoms with Gasteiger partial charge in [-0.2, -0.15) is 0 Å². The molecule has 2 heterocycles. The van der Waals surface area contributed by atoms with Gasteiger partial charge in [-0.15, -0.1) is 11.8 Å². The number of pyridine rings is 1. The van der Waals surface area contributed by atoms with E-state index in [1.54, 1.807) is 30.5 Å². The summed E-state index contributed by atoms with van der Waals surface area (Å²) in [7, 11) is 0. The Labute approximate surface area is 182 Å². The average molecular weight is 439 g/mol. The minimum absolute atomic E-state index is 0.131. The van der Waals surface area contributed by atoms with Crippen LogP contribution in [0, 0.1) is 11.6 Å². The normalized spacial score (nSPS) is 18.1. The van der Waals surface area contributed by atoms with Gasteiger partial charge in [-0.1, -0.05) is 24.3 Å². The lowest BCUT2D eigenvalue weighted by molar-refractivity contribution is -0.125. The third-order valence-electron chi connectivity index (χ3n) is 4.91.